The summed E-state index contributed by atoms with van der Waals surface area (Å²) < 4.78 is 0.206. The minimum absolute atomic E-state index is 0.206. The Morgan fingerprint density at radius 2 is 1.77 bits per heavy atom. The molecule has 0 amide bonds. The molecule has 0 nitrogen and oxygen atoms in total. The topological polar surface area (TPSA) is 0 Å². The summed E-state index contributed by atoms with van der Waals surface area (Å²) in [7, 11) is 0. The van der Waals surface area contributed by atoms with Gasteiger partial charge in [-0.15, -0.1) is 0 Å². The van der Waals surface area contributed by atoms with Gasteiger partial charge in [-0.2, -0.15) is 12.6 Å². The van der Waals surface area contributed by atoms with E-state index in [0.29, 0.717) is 0 Å². The van der Waals surface area contributed by atoms with E-state index in [4.69, 9.17) is 0 Å². The van der Waals surface area contributed by atoms with Crippen molar-refractivity contribution in [1.82, 2.24) is 0 Å². The summed E-state index contributed by atoms with van der Waals surface area (Å²) in [6.07, 6.45) is 8.71. The van der Waals surface area contributed by atoms with E-state index >= 15 is 0 Å². The first-order valence-electron chi connectivity index (χ1n) is 5.72. The van der Waals surface area contributed by atoms with E-state index in [-0.39, 0.29) is 4.75 Å². The van der Waals surface area contributed by atoms with Crippen molar-refractivity contribution in [3.8, 4) is 0 Å². The molecule has 0 radical (unpaired) electrons. The van der Waals surface area contributed by atoms with Gasteiger partial charge in [-0.3, -0.25) is 0 Å². The number of thiol groups is 1. The fourth-order valence-electron chi connectivity index (χ4n) is 2.21. The molecule has 0 bridgehead atoms. The van der Waals surface area contributed by atoms with Crippen molar-refractivity contribution in [2.75, 3.05) is 0 Å². The van der Waals surface area contributed by atoms with Gasteiger partial charge in [0.1, 0.15) is 0 Å². The Kier molecular flexibility index (Phi) is 4.15. The molecular formula is C12H24S. The van der Waals surface area contributed by atoms with Gasteiger partial charge < -0.3 is 0 Å². The summed E-state index contributed by atoms with van der Waals surface area (Å²) in [6, 6.07) is 0. The smallest absolute Gasteiger partial charge is 0.00988 e. The molecule has 0 heterocycles. The average Bonchev–Trinajstić information content (AvgIpc) is 2.04. The van der Waals surface area contributed by atoms with Crippen LogP contribution in [0.5, 0.6) is 0 Å². The maximum Gasteiger partial charge on any atom is 0.00988 e. The summed E-state index contributed by atoms with van der Waals surface area (Å²) in [5, 5.41) is 0. The fourth-order valence-corrected chi connectivity index (χ4v) is 2.32. The number of hydrogen-bond donors (Lipinski definition) is 1. The summed E-state index contributed by atoms with van der Waals surface area (Å²) in [5.41, 5.74) is 0. The molecule has 1 aliphatic rings. The monoisotopic (exact) mass is 200 g/mol. The van der Waals surface area contributed by atoms with Crippen molar-refractivity contribution in [3.63, 3.8) is 0 Å². The Labute approximate surface area is 88.9 Å². The first-order valence-corrected chi connectivity index (χ1v) is 6.17. The molecule has 1 atom stereocenters. The van der Waals surface area contributed by atoms with Gasteiger partial charge in [0.2, 0.25) is 0 Å². The Hall–Kier alpha value is 0.350. The van der Waals surface area contributed by atoms with E-state index in [2.05, 4.69) is 33.4 Å². The molecule has 0 aliphatic heterocycles. The third-order valence-corrected chi connectivity index (χ3v) is 4.06. The maximum absolute atomic E-state index is 4.65. The third kappa shape index (κ3) is 3.93. The van der Waals surface area contributed by atoms with E-state index in [0.717, 1.165) is 11.8 Å². The quantitative estimate of drug-likeness (QED) is 0.645. The highest BCUT2D eigenvalue weighted by Crippen LogP contribution is 2.34. The maximum atomic E-state index is 4.65. The second-order valence-electron chi connectivity index (χ2n) is 5.29. The van der Waals surface area contributed by atoms with E-state index in [9.17, 15) is 0 Å². The van der Waals surface area contributed by atoms with Gasteiger partial charge in [0, 0.05) is 4.75 Å². The highest BCUT2D eigenvalue weighted by molar-refractivity contribution is 7.81. The van der Waals surface area contributed by atoms with Crippen LogP contribution in [0.3, 0.4) is 0 Å². The summed E-state index contributed by atoms with van der Waals surface area (Å²) in [4.78, 5) is 0. The molecule has 0 unspecified atom stereocenters. The molecule has 0 aromatic heterocycles. The van der Waals surface area contributed by atoms with Crippen LogP contribution < -0.4 is 0 Å². The standard InChI is InChI=1S/C12H24S/c1-10(12(2,3)13)9-11-7-5-4-6-8-11/h10-11,13H,4-9H2,1-3H3/t10-/m1/s1. The van der Waals surface area contributed by atoms with Crippen LogP contribution in [0.25, 0.3) is 0 Å². The predicted octanol–water partition coefficient (Wildman–Crippen LogP) is 4.30. The van der Waals surface area contributed by atoms with Gasteiger partial charge in [-0.25, -0.2) is 0 Å². The van der Waals surface area contributed by atoms with Crippen molar-refractivity contribution >= 4 is 12.6 Å². The Morgan fingerprint density at radius 3 is 2.23 bits per heavy atom. The first-order chi connectivity index (χ1) is 6.00. The lowest BCUT2D eigenvalue weighted by Gasteiger charge is -2.31. The largest absolute Gasteiger partial charge is 0.173 e. The number of rotatable bonds is 3. The Balaban J connectivity index is 2.30. The van der Waals surface area contributed by atoms with E-state index in [1.807, 2.05) is 0 Å². The Bertz CT molecular complexity index is 140. The molecule has 1 fully saturated rings. The minimum atomic E-state index is 0.206. The minimum Gasteiger partial charge on any atom is -0.173 e. The lowest BCUT2D eigenvalue weighted by atomic mass is 9.80. The summed E-state index contributed by atoms with van der Waals surface area (Å²) in [6.45, 7) is 6.83. The van der Waals surface area contributed by atoms with Crippen molar-refractivity contribution in [2.45, 2.75) is 64.0 Å². The molecule has 13 heavy (non-hydrogen) atoms. The number of hydrogen-bond acceptors (Lipinski definition) is 1. The van der Waals surface area contributed by atoms with Gasteiger partial charge in [-0.05, 0) is 18.3 Å². The molecule has 0 aromatic rings. The van der Waals surface area contributed by atoms with Crippen LogP contribution in [0.2, 0.25) is 0 Å². The summed E-state index contributed by atoms with van der Waals surface area (Å²) in [5.74, 6) is 1.74. The second kappa shape index (κ2) is 4.72. The summed E-state index contributed by atoms with van der Waals surface area (Å²) >= 11 is 4.65. The highest BCUT2D eigenvalue weighted by Gasteiger charge is 2.25. The SMILES string of the molecule is C[C@H](CC1CCCCC1)C(C)(C)S. The third-order valence-electron chi connectivity index (χ3n) is 3.62. The van der Waals surface area contributed by atoms with E-state index in [1.165, 1.54) is 38.5 Å². The zero-order valence-electron chi connectivity index (χ0n) is 9.34. The normalized spacial score (nSPS) is 23.1. The predicted molar refractivity (Wildman–Crippen MR) is 63.4 cm³/mol. The van der Waals surface area contributed by atoms with Crippen molar-refractivity contribution < 1.29 is 0 Å². The molecule has 78 valence electrons. The van der Waals surface area contributed by atoms with Crippen molar-refractivity contribution in [1.29, 1.82) is 0 Å². The molecule has 0 aromatic carbocycles. The Morgan fingerprint density at radius 1 is 1.23 bits per heavy atom. The zero-order chi connectivity index (χ0) is 9.90. The molecule has 0 N–H and O–H groups in total. The zero-order valence-corrected chi connectivity index (χ0v) is 10.2. The van der Waals surface area contributed by atoms with Crippen molar-refractivity contribution in [3.05, 3.63) is 0 Å². The van der Waals surface area contributed by atoms with Gasteiger partial charge in [0.15, 0.2) is 0 Å². The molecule has 0 saturated heterocycles. The van der Waals surface area contributed by atoms with Crippen LogP contribution in [-0.4, -0.2) is 4.75 Å². The molecule has 1 rings (SSSR count). The lowest BCUT2D eigenvalue weighted by Crippen LogP contribution is -2.25. The highest BCUT2D eigenvalue weighted by atomic mass is 32.1. The molecule has 1 aliphatic carbocycles. The van der Waals surface area contributed by atoms with Crippen LogP contribution in [0, 0.1) is 11.8 Å². The second-order valence-corrected chi connectivity index (χ2v) is 6.45. The van der Waals surface area contributed by atoms with Crippen LogP contribution in [0.4, 0.5) is 0 Å². The van der Waals surface area contributed by atoms with E-state index in [1.54, 1.807) is 0 Å². The van der Waals surface area contributed by atoms with E-state index < -0.39 is 0 Å². The molecular weight excluding hydrogens is 176 g/mol. The van der Waals surface area contributed by atoms with Gasteiger partial charge >= 0.3 is 0 Å². The van der Waals surface area contributed by atoms with Crippen LogP contribution in [0.15, 0.2) is 0 Å². The van der Waals surface area contributed by atoms with Crippen LogP contribution in [0.1, 0.15) is 59.3 Å². The fraction of sp³-hybridized carbons (Fsp3) is 1.00. The van der Waals surface area contributed by atoms with Gasteiger partial charge in [0.25, 0.3) is 0 Å². The van der Waals surface area contributed by atoms with Crippen LogP contribution in [-0.2, 0) is 0 Å². The molecule has 0 spiro atoms. The van der Waals surface area contributed by atoms with Gasteiger partial charge in [0.05, 0.1) is 0 Å². The van der Waals surface area contributed by atoms with Crippen LogP contribution >= 0.6 is 12.6 Å². The first kappa shape index (κ1) is 11.4. The molecule has 1 heteroatoms. The average molecular weight is 200 g/mol. The lowest BCUT2D eigenvalue weighted by molar-refractivity contribution is 0.275. The van der Waals surface area contributed by atoms with Crippen molar-refractivity contribution in [2.24, 2.45) is 11.8 Å². The molecule has 1 saturated carbocycles. The van der Waals surface area contributed by atoms with Gasteiger partial charge in [-0.1, -0.05) is 52.9 Å².